The van der Waals surface area contributed by atoms with E-state index >= 15 is 0 Å². The molecular formula is C17H21FO3. The molecule has 0 N–H and O–H groups in total. The highest BCUT2D eigenvalue weighted by molar-refractivity contribution is 5.88. The van der Waals surface area contributed by atoms with Crippen molar-refractivity contribution >= 4 is 11.8 Å². The topological polar surface area (TPSA) is 43.4 Å². The Morgan fingerprint density at radius 2 is 2.19 bits per heavy atom. The number of carbonyl (C=O) groups excluding carboxylic acids is 2. The molecule has 1 aromatic carbocycles. The Morgan fingerprint density at radius 1 is 1.43 bits per heavy atom. The first-order valence-corrected chi connectivity index (χ1v) is 7.47. The van der Waals surface area contributed by atoms with Gasteiger partial charge in [0, 0.05) is 18.8 Å². The van der Waals surface area contributed by atoms with Crippen LogP contribution < -0.4 is 0 Å². The number of esters is 1. The summed E-state index contributed by atoms with van der Waals surface area (Å²) in [6.07, 6.45) is 2.41. The number of ketones is 1. The number of rotatable bonds is 4. The Kier molecular flexibility index (Phi) is 5.10. The van der Waals surface area contributed by atoms with E-state index in [1.165, 1.54) is 12.1 Å². The lowest BCUT2D eigenvalue weighted by Crippen LogP contribution is -2.29. The standard InChI is InChI=1S/C17H21FO3/c1-3-21-16(20)10-12-5-4-6-15(19)17(12)14-8-7-13(18)9-11(14)2/h7-9,12,17H,3-6,10H2,1-2H3/t12-,17+/m1/s1. The molecule has 1 saturated carbocycles. The van der Waals surface area contributed by atoms with Gasteiger partial charge in [-0.3, -0.25) is 9.59 Å². The zero-order valence-electron chi connectivity index (χ0n) is 12.5. The molecule has 0 aromatic heterocycles. The van der Waals surface area contributed by atoms with Crippen LogP contribution in [0.2, 0.25) is 0 Å². The van der Waals surface area contributed by atoms with Crippen molar-refractivity contribution in [3.63, 3.8) is 0 Å². The molecule has 0 saturated heterocycles. The van der Waals surface area contributed by atoms with Gasteiger partial charge in [0.05, 0.1) is 6.61 Å². The molecule has 0 heterocycles. The Labute approximate surface area is 124 Å². The summed E-state index contributed by atoms with van der Waals surface area (Å²) in [6, 6.07) is 4.50. The van der Waals surface area contributed by atoms with Crippen LogP contribution >= 0.6 is 0 Å². The molecule has 1 aromatic rings. The highest BCUT2D eigenvalue weighted by Crippen LogP contribution is 2.39. The molecule has 114 valence electrons. The first-order chi connectivity index (χ1) is 10.0. The fourth-order valence-corrected chi connectivity index (χ4v) is 3.19. The second-order valence-corrected chi connectivity index (χ2v) is 5.61. The Balaban J connectivity index is 2.26. The van der Waals surface area contributed by atoms with E-state index in [9.17, 15) is 14.0 Å². The summed E-state index contributed by atoms with van der Waals surface area (Å²) in [5.41, 5.74) is 1.61. The smallest absolute Gasteiger partial charge is 0.306 e. The van der Waals surface area contributed by atoms with E-state index < -0.39 is 0 Å². The third kappa shape index (κ3) is 3.69. The molecule has 1 aliphatic rings. The molecule has 0 unspecified atom stereocenters. The number of hydrogen-bond donors (Lipinski definition) is 0. The molecule has 0 aliphatic heterocycles. The van der Waals surface area contributed by atoms with Crippen LogP contribution in [0, 0.1) is 18.7 Å². The van der Waals surface area contributed by atoms with Gasteiger partial charge in [0.15, 0.2) is 0 Å². The molecule has 1 fully saturated rings. The van der Waals surface area contributed by atoms with Crippen molar-refractivity contribution < 1.29 is 18.7 Å². The van der Waals surface area contributed by atoms with E-state index in [0.29, 0.717) is 13.0 Å². The van der Waals surface area contributed by atoms with Crippen LogP contribution in [0.1, 0.15) is 49.7 Å². The third-order valence-corrected chi connectivity index (χ3v) is 4.12. The average Bonchev–Trinajstić information content (AvgIpc) is 2.41. The van der Waals surface area contributed by atoms with E-state index in [-0.39, 0.29) is 35.8 Å². The molecular weight excluding hydrogens is 271 g/mol. The zero-order valence-corrected chi connectivity index (χ0v) is 12.5. The van der Waals surface area contributed by atoms with Gasteiger partial charge >= 0.3 is 5.97 Å². The minimum atomic E-state index is -0.316. The summed E-state index contributed by atoms with van der Waals surface area (Å²) in [6.45, 7) is 3.92. The number of carbonyl (C=O) groups is 2. The van der Waals surface area contributed by atoms with Crippen molar-refractivity contribution in [1.29, 1.82) is 0 Å². The fraction of sp³-hybridized carbons (Fsp3) is 0.529. The lowest BCUT2D eigenvalue weighted by molar-refractivity contribution is -0.145. The van der Waals surface area contributed by atoms with Crippen molar-refractivity contribution in [1.82, 2.24) is 0 Å². The molecule has 1 aliphatic carbocycles. The molecule has 0 spiro atoms. The average molecular weight is 292 g/mol. The monoisotopic (exact) mass is 292 g/mol. The van der Waals surface area contributed by atoms with Gasteiger partial charge in [-0.05, 0) is 55.9 Å². The van der Waals surface area contributed by atoms with Crippen molar-refractivity contribution in [3.8, 4) is 0 Å². The fourth-order valence-electron chi connectivity index (χ4n) is 3.19. The summed E-state index contributed by atoms with van der Waals surface area (Å²) in [5.74, 6) is -0.785. The van der Waals surface area contributed by atoms with Gasteiger partial charge in [-0.25, -0.2) is 4.39 Å². The van der Waals surface area contributed by atoms with Gasteiger partial charge in [0.25, 0.3) is 0 Å². The lowest BCUT2D eigenvalue weighted by atomic mass is 9.72. The van der Waals surface area contributed by atoms with E-state index in [0.717, 1.165) is 24.0 Å². The van der Waals surface area contributed by atoms with E-state index in [4.69, 9.17) is 4.74 Å². The number of aryl methyl sites for hydroxylation is 1. The van der Waals surface area contributed by atoms with Gasteiger partial charge in [-0.15, -0.1) is 0 Å². The summed E-state index contributed by atoms with van der Waals surface area (Å²) >= 11 is 0. The summed E-state index contributed by atoms with van der Waals surface area (Å²) in [4.78, 5) is 24.1. The third-order valence-electron chi connectivity index (χ3n) is 4.12. The van der Waals surface area contributed by atoms with Gasteiger partial charge in [-0.2, -0.15) is 0 Å². The molecule has 0 bridgehead atoms. The molecule has 0 radical (unpaired) electrons. The first-order valence-electron chi connectivity index (χ1n) is 7.47. The normalized spacial score (nSPS) is 22.1. The zero-order chi connectivity index (χ0) is 15.4. The maximum atomic E-state index is 13.3. The molecule has 21 heavy (non-hydrogen) atoms. The van der Waals surface area contributed by atoms with Crippen molar-refractivity contribution in [2.75, 3.05) is 6.61 Å². The largest absolute Gasteiger partial charge is 0.466 e. The van der Waals surface area contributed by atoms with Crippen LogP contribution in [-0.2, 0) is 14.3 Å². The van der Waals surface area contributed by atoms with E-state index in [1.54, 1.807) is 13.0 Å². The Morgan fingerprint density at radius 3 is 2.86 bits per heavy atom. The number of Topliss-reactive ketones (excluding diaryl/α,β-unsaturated/α-hetero) is 1. The van der Waals surface area contributed by atoms with Gasteiger partial charge < -0.3 is 4.74 Å². The maximum Gasteiger partial charge on any atom is 0.306 e. The second-order valence-electron chi connectivity index (χ2n) is 5.61. The van der Waals surface area contributed by atoms with Gasteiger partial charge in [0.1, 0.15) is 11.6 Å². The van der Waals surface area contributed by atoms with Gasteiger partial charge in [-0.1, -0.05) is 6.07 Å². The summed E-state index contributed by atoms with van der Waals surface area (Å²) in [5, 5.41) is 0. The minimum absolute atomic E-state index is 0.0468. The van der Waals surface area contributed by atoms with Crippen LogP contribution in [0.5, 0.6) is 0 Å². The quantitative estimate of drug-likeness (QED) is 0.797. The lowest BCUT2D eigenvalue weighted by Gasteiger charge is -2.31. The molecule has 0 amide bonds. The van der Waals surface area contributed by atoms with Crippen LogP contribution in [-0.4, -0.2) is 18.4 Å². The van der Waals surface area contributed by atoms with E-state index in [1.807, 2.05) is 6.92 Å². The van der Waals surface area contributed by atoms with E-state index in [2.05, 4.69) is 0 Å². The number of halogens is 1. The number of hydrogen-bond acceptors (Lipinski definition) is 3. The Hall–Kier alpha value is -1.71. The highest BCUT2D eigenvalue weighted by atomic mass is 19.1. The molecule has 2 atom stereocenters. The van der Waals surface area contributed by atoms with Crippen molar-refractivity contribution in [3.05, 3.63) is 35.1 Å². The van der Waals surface area contributed by atoms with Crippen molar-refractivity contribution in [2.45, 2.75) is 45.4 Å². The molecule has 3 nitrogen and oxygen atoms in total. The SMILES string of the molecule is CCOC(=O)C[C@H]1CCCC(=O)[C@@H]1c1ccc(F)cc1C. The summed E-state index contributed by atoms with van der Waals surface area (Å²) < 4.78 is 18.3. The highest BCUT2D eigenvalue weighted by Gasteiger charge is 2.35. The maximum absolute atomic E-state index is 13.3. The minimum Gasteiger partial charge on any atom is -0.466 e. The van der Waals surface area contributed by atoms with Crippen LogP contribution in [0.4, 0.5) is 4.39 Å². The predicted molar refractivity (Wildman–Crippen MR) is 77.5 cm³/mol. The van der Waals surface area contributed by atoms with Crippen LogP contribution in [0.15, 0.2) is 18.2 Å². The van der Waals surface area contributed by atoms with Crippen molar-refractivity contribution in [2.24, 2.45) is 5.92 Å². The molecule has 4 heteroatoms. The van der Waals surface area contributed by atoms with Crippen LogP contribution in [0.3, 0.4) is 0 Å². The number of benzene rings is 1. The second kappa shape index (κ2) is 6.83. The van der Waals surface area contributed by atoms with Crippen LogP contribution in [0.25, 0.3) is 0 Å². The first kappa shape index (κ1) is 15.7. The number of ether oxygens (including phenoxy) is 1. The molecule has 2 rings (SSSR count). The Bertz CT molecular complexity index is 539. The summed E-state index contributed by atoms with van der Waals surface area (Å²) in [7, 11) is 0. The predicted octanol–water partition coefficient (Wildman–Crippen LogP) is 3.54. The van der Waals surface area contributed by atoms with Gasteiger partial charge in [0.2, 0.25) is 0 Å².